The average molecular weight is 576 g/mol. The molecular weight excluding hydrogens is 550 g/mol. The predicted molar refractivity (Wildman–Crippen MR) is 152 cm³/mol. The number of amides is 2. The number of nitrogens with zero attached hydrogens (tertiary/aromatic N) is 5. The molecule has 0 saturated heterocycles. The van der Waals surface area contributed by atoms with Gasteiger partial charge in [0.05, 0.1) is 10.2 Å². The molecule has 40 heavy (non-hydrogen) atoms. The number of aromatic nitrogens is 5. The van der Waals surface area contributed by atoms with Crippen molar-refractivity contribution < 1.29 is 19.1 Å². The summed E-state index contributed by atoms with van der Waals surface area (Å²) < 4.78 is 13.8. The Hall–Kier alpha value is -4.23. The molecule has 2 aromatic carbocycles. The SMILES string of the molecule is CC(C)(C)OC(=O)Nc1cccc(Oc2ccc3nnc(Sc4ccc5nc(NC(=O)C6CC6)sc5c4)n3n2)c1. The summed E-state index contributed by atoms with van der Waals surface area (Å²) in [5.41, 5.74) is 1.32. The van der Waals surface area contributed by atoms with E-state index in [-0.39, 0.29) is 11.8 Å². The number of benzene rings is 2. The van der Waals surface area contributed by atoms with Crippen molar-refractivity contribution in [3.05, 3.63) is 54.6 Å². The van der Waals surface area contributed by atoms with E-state index in [1.807, 2.05) is 18.2 Å². The molecule has 1 saturated carbocycles. The van der Waals surface area contributed by atoms with Gasteiger partial charge in [-0.15, -0.1) is 15.3 Å². The minimum Gasteiger partial charge on any atom is -0.444 e. The molecule has 1 aliphatic rings. The number of hydrogen-bond acceptors (Lipinski definition) is 10. The lowest BCUT2D eigenvalue weighted by Gasteiger charge is -2.19. The van der Waals surface area contributed by atoms with Crippen molar-refractivity contribution in [3.8, 4) is 11.6 Å². The minimum absolute atomic E-state index is 0.0405. The van der Waals surface area contributed by atoms with Gasteiger partial charge in [-0.2, -0.15) is 4.52 Å². The Kier molecular flexibility index (Phi) is 6.76. The van der Waals surface area contributed by atoms with Gasteiger partial charge in [0.25, 0.3) is 0 Å². The maximum absolute atomic E-state index is 12.1. The number of hydrogen-bond donors (Lipinski definition) is 2. The van der Waals surface area contributed by atoms with Gasteiger partial charge in [0.2, 0.25) is 16.9 Å². The molecule has 2 amide bonds. The van der Waals surface area contributed by atoms with Gasteiger partial charge in [-0.3, -0.25) is 10.1 Å². The quantitative estimate of drug-likeness (QED) is 0.227. The second kappa shape index (κ2) is 10.4. The maximum atomic E-state index is 12.1. The van der Waals surface area contributed by atoms with Gasteiger partial charge in [0, 0.05) is 28.6 Å². The molecule has 0 unspecified atom stereocenters. The Morgan fingerprint density at radius 1 is 1.05 bits per heavy atom. The van der Waals surface area contributed by atoms with Crippen molar-refractivity contribution in [2.24, 2.45) is 5.92 Å². The highest BCUT2D eigenvalue weighted by Crippen LogP contribution is 2.35. The Bertz CT molecular complexity index is 1740. The smallest absolute Gasteiger partial charge is 0.412 e. The van der Waals surface area contributed by atoms with E-state index in [9.17, 15) is 9.59 Å². The number of ether oxygens (including phenoxy) is 2. The Balaban J connectivity index is 1.17. The number of rotatable bonds is 7. The lowest BCUT2D eigenvalue weighted by atomic mass is 10.2. The maximum Gasteiger partial charge on any atom is 0.412 e. The normalized spacial score (nSPS) is 13.4. The van der Waals surface area contributed by atoms with Gasteiger partial charge in [-0.05, 0) is 81.8 Å². The van der Waals surface area contributed by atoms with Crippen LogP contribution in [-0.4, -0.2) is 42.4 Å². The second-order valence-corrected chi connectivity index (χ2v) is 12.3. The van der Waals surface area contributed by atoms with Crippen molar-refractivity contribution in [3.63, 3.8) is 0 Å². The molecule has 0 atom stereocenters. The summed E-state index contributed by atoms with van der Waals surface area (Å²) in [4.78, 5) is 29.7. The minimum atomic E-state index is -0.603. The van der Waals surface area contributed by atoms with Crippen LogP contribution in [0.1, 0.15) is 33.6 Å². The monoisotopic (exact) mass is 575 g/mol. The topological polar surface area (TPSA) is 133 Å². The summed E-state index contributed by atoms with van der Waals surface area (Å²) in [6, 6.07) is 16.3. The molecule has 6 rings (SSSR count). The standard InChI is InChI=1S/C27H25N7O4S2/c1-27(2,3)38-26(36)28-16-5-4-6-17(13-16)37-22-12-11-21-31-32-25(34(21)33-22)39-18-9-10-19-20(14-18)40-24(29-19)30-23(35)15-7-8-15/h4-6,9-15H,7-8H2,1-3H3,(H,28,36)(H,29,30,35). The molecule has 5 aromatic rings. The summed E-state index contributed by atoms with van der Waals surface area (Å²) in [7, 11) is 0. The Morgan fingerprint density at radius 3 is 2.70 bits per heavy atom. The molecule has 2 N–H and O–H groups in total. The Morgan fingerprint density at radius 2 is 1.90 bits per heavy atom. The van der Waals surface area contributed by atoms with Gasteiger partial charge in [0.1, 0.15) is 11.4 Å². The largest absolute Gasteiger partial charge is 0.444 e. The van der Waals surface area contributed by atoms with Gasteiger partial charge in [-0.1, -0.05) is 17.4 Å². The third-order valence-corrected chi connectivity index (χ3v) is 7.52. The van der Waals surface area contributed by atoms with Crippen LogP contribution in [0.4, 0.5) is 15.6 Å². The molecule has 3 heterocycles. The van der Waals surface area contributed by atoms with E-state index in [4.69, 9.17) is 9.47 Å². The molecular formula is C27H25N7O4S2. The summed E-state index contributed by atoms with van der Waals surface area (Å²) in [5.74, 6) is 0.984. The van der Waals surface area contributed by atoms with Crippen molar-refractivity contribution in [2.45, 2.75) is 49.3 Å². The van der Waals surface area contributed by atoms with Crippen molar-refractivity contribution in [1.82, 2.24) is 24.8 Å². The summed E-state index contributed by atoms with van der Waals surface area (Å²) in [5, 5.41) is 19.9. The highest BCUT2D eigenvalue weighted by Gasteiger charge is 2.30. The first-order chi connectivity index (χ1) is 19.2. The number of carbonyl (C=O) groups excluding carboxylic acids is 2. The molecule has 1 aliphatic carbocycles. The number of thiazole rings is 1. The lowest BCUT2D eigenvalue weighted by Crippen LogP contribution is -2.27. The van der Waals surface area contributed by atoms with E-state index in [2.05, 4.69) is 30.9 Å². The fraction of sp³-hybridized carbons (Fsp3) is 0.259. The first kappa shape index (κ1) is 26.0. The van der Waals surface area contributed by atoms with Gasteiger partial charge >= 0.3 is 6.09 Å². The Labute approximate surface area is 237 Å². The second-order valence-electron chi connectivity index (χ2n) is 10.2. The molecule has 0 radical (unpaired) electrons. The fourth-order valence-corrected chi connectivity index (χ4v) is 5.54. The van der Waals surface area contributed by atoms with E-state index < -0.39 is 11.7 Å². The van der Waals surface area contributed by atoms with Crippen molar-refractivity contribution in [2.75, 3.05) is 10.6 Å². The van der Waals surface area contributed by atoms with E-state index in [0.29, 0.717) is 33.3 Å². The van der Waals surface area contributed by atoms with E-state index in [1.165, 1.54) is 23.1 Å². The van der Waals surface area contributed by atoms with Gasteiger partial charge in [0.15, 0.2) is 10.8 Å². The van der Waals surface area contributed by atoms with Crippen LogP contribution in [0, 0.1) is 5.92 Å². The molecule has 3 aromatic heterocycles. The number of anilines is 2. The predicted octanol–water partition coefficient (Wildman–Crippen LogP) is 6.37. The third-order valence-electron chi connectivity index (χ3n) is 5.66. The average Bonchev–Trinajstić information content (AvgIpc) is 3.56. The van der Waals surface area contributed by atoms with Crippen LogP contribution in [0.15, 0.2) is 64.6 Å². The zero-order valence-corrected chi connectivity index (χ0v) is 23.5. The zero-order chi connectivity index (χ0) is 27.9. The van der Waals surface area contributed by atoms with Crippen LogP contribution in [0.25, 0.3) is 15.9 Å². The van der Waals surface area contributed by atoms with Crippen molar-refractivity contribution in [1.29, 1.82) is 0 Å². The third kappa shape index (κ3) is 6.15. The summed E-state index contributed by atoms with van der Waals surface area (Å²) in [6.07, 6.45) is 1.34. The molecule has 204 valence electrons. The molecule has 11 nitrogen and oxygen atoms in total. The van der Waals surface area contributed by atoms with Crippen LogP contribution < -0.4 is 15.4 Å². The van der Waals surface area contributed by atoms with Crippen LogP contribution in [0.2, 0.25) is 0 Å². The first-order valence-electron chi connectivity index (χ1n) is 12.6. The van der Waals surface area contributed by atoms with E-state index >= 15 is 0 Å². The first-order valence-corrected chi connectivity index (χ1v) is 14.2. The van der Waals surface area contributed by atoms with Crippen LogP contribution in [0.5, 0.6) is 11.6 Å². The molecule has 0 aliphatic heterocycles. The summed E-state index contributed by atoms with van der Waals surface area (Å²) >= 11 is 2.85. The van der Waals surface area contributed by atoms with Crippen LogP contribution in [-0.2, 0) is 9.53 Å². The lowest BCUT2D eigenvalue weighted by molar-refractivity contribution is -0.117. The zero-order valence-electron chi connectivity index (χ0n) is 21.9. The number of carbonyl (C=O) groups is 2. The van der Waals surface area contributed by atoms with Crippen LogP contribution in [0.3, 0.4) is 0 Å². The van der Waals surface area contributed by atoms with E-state index in [1.54, 1.807) is 61.7 Å². The summed E-state index contributed by atoms with van der Waals surface area (Å²) in [6.45, 7) is 5.41. The number of nitrogens with one attached hydrogen (secondary N) is 2. The highest BCUT2D eigenvalue weighted by atomic mass is 32.2. The van der Waals surface area contributed by atoms with Crippen molar-refractivity contribution >= 4 is 61.8 Å². The number of fused-ring (bicyclic) bond motifs is 2. The molecule has 13 heteroatoms. The van der Waals surface area contributed by atoms with Crippen LogP contribution >= 0.6 is 23.1 Å². The molecule has 0 spiro atoms. The van der Waals surface area contributed by atoms with E-state index in [0.717, 1.165) is 28.0 Å². The highest BCUT2D eigenvalue weighted by molar-refractivity contribution is 7.99. The molecule has 0 bridgehead atoms. The van der Waals surface area contributed by atoms with Gasteiger partial charge in [-0.25, -0.2) is 9.78 Å². The fourth-order valence-electron chi connectivity index (χ4n) is 3.73. The van der Waals surface area contributed by atoms with Gasteiger partial charge < -0.3 is 14.8 Å². The molecule has 1 fully saturated rings.